The molecule has 0 unspecified atom stereocenters. The van der Waals surface area contributed by atoms with Crippen molar-refractivity contribution in [1.29, 1.82) is 0 Å². The highest BCUT2D eigenvalue weighted by atomic mass is 35.5. The number of hydrogen-bond acceptors (Lipinski definition) is 5. The van der Waals surface area contributed by atoms with Crippen molar-refractivity contribution < 1.29 is 14.3 Å². The van der Waals surface area contributed by atoms with Gasteiger partial charge in [0.05, 0.1) is 29.3 Å². The normalized spacial score (nSPS) is 16.7. The van der Waals surface area contributed by atoms with Crippen molar-refractivity contribution in [2.75, 3.05) is 13.7 Å². The van der Waals surface area contributed by atoms with Crippen LogP contribution in [0.5, 0.6) is 11.5 Å². The molecule has 0 aliphatic carbocycles. The van der Waals surface area contributed by atoms with E-state index in [0.29, 0.717) is 43.9 Å². The predicted octanol–water partition coefficient (Wildman–Crippen LogP) is 5.29. The van der Waals surface area contributed by atoms with E-state index in [1.165, 1.54) is 11.8 Å². The van der Waals surface area contributed by atoms with E-state index < -0.39 is 0 Å². The highest BCUT2D eigenvalue weighted by Crippen LogP contribution is 2.34. The summed E-state index contributed by atoms with van der Waals surface area (Å²) in [5.74, 6) is 1.03. The second-order valence-electron chi connectivity index (χ2n) is 5.42. The Morgan fingerprint density at radius 2 is 2.00 bits per heavy atom. The minimum Gasteiger partial charge on any atom is -0.493 e. The van der Waals surface area contributed by atoms with Gasteiger partial charge in [-0.15, -0.1) is 0 Å². The first-order valence-electron chi connectivity index (χ1n) is 8.05. The van der Waals surface area contributed by atoms with Crippen molar-refractivity contribution in [3.05, 3.63) is 56.9 Å². The van der Waals surface area contributed by atoms with Gasteiger partial charge in [-0.3, -0.25) is 4.79 Å². The van der Waals surface area contributed by atoms with Gasteiger partial charge in [-0.05, 0) is 60.7 Å². The van der Waals surface area contributed by atoms with Gasteiger partial charge in [-0.25, -0.2) is 4.99 Å². The number of carbonyl (C=O) groups is 1. The minimum absolute atomic E-state index is 0.231. The van der Waals surface area contributed by atoms with Crippen molar-refractivity contribution in [1.82, 2.24) is 5.32 Å². The van der Waals surface area contributed by atoms with Crippen LogP contribution in [0.2, 0.25) is 10.0 Å². The summed E-state index contributed by atoms with van der Waals surface area (Å²) in [5, 5.41) is 4.14. The van der Waals surface area contributed by atoms with E-state index in [1.807, 2.05) is 19.1 Å². The van der Waals surface area contributed by atoms with Crippen molar-refractivity contribution in [2.45, 2.75) is 6.92 Å². The van der Waals surface area contributed by atoms with Gasteiger partial charge >= 0.3 is 0 Å². The molecular weight excluding hydrogens is 407 g/mol. The van der Waals surface area contributed by atoms with Crippen LogP contribution in [0.25, 0.3) is 6.08 Å². The van der Waals surface area contributed by atoms with Crippen LogP contribution in [0.1, 0.15) is 12.5 Å². The van der Waals surface area contributed by atoms with Crippen molar-refractivity contribution in [2.24, 2.45) is 4.99 Å². The Morgan fingerprint density at radius 1 is 1.19 bits per heavy atom. The van der Waals surface area contributed by atoms with Crippen LogP contribution in [-0.2, 0) is 4.79 Å². The van der Waals surface area contributed by atoms with Crippen molar-refractivity contribution in [3.63, 3.8) is 0 Å². The van der Waals surface area contributed by atoms with E-state index in [2.05, 4.69) is 10.3 Å². The molecule has 1 aliphatic heterocycles. The van der Waals surface area contributed by atoms with Gasteiger partial charge in [0, 0.05) is 5.02 Å². The molecule has 1 amide bonds. The SMILES string of the molecule is CCOc1cc(/C=C2/SC(=Nc3cc(Cl)ccc3Cl)NC2=O)ccc1OC. The quantitative estimate of drug-likeness (QED) is 0.664. The Kier molecular flexibility index (Phi) is 6.31. The standard InChI is InChI=1S/C19H16Cl2N2O3S/c1-3-26-16-8-11(4-7-15(16)25-2)9-17-18(24)23-19(27-17)22-14-10-12(20)5-6-13(14)21/h4-10H,3H2,1-2H3,(H,22,23,24)/b17-9+. The lowest BCUT2D eigenvalue weighted by molar-refractivity contribution is -0.115. The molecule has 27 heavy (non-hydrogen) atoms. The molecule has 0 aromatic heterocycles. The Morgan fingerprint density at radius 3 is 2.74 bits per heavy atom. The maximum atomic E-state index is 12.3. The molecule has 1 fully saturated rings. The fourth-order valence-electron chi connectivity index (χ4n) is 2.36. The molecule has 0 saturated carbocycles. The average molecular weight is 423 g/mol. The molecule has 0 radical (unpaired) electrons. The number of rotatable bonds is 5. The van der Waals surface area contributed by atoms with Crippen molar-refractivity contribution in [3.8, 4) is 11.5 Å². The number of nitrogens with one attached hydrogen (secondary N) is 1. The lowest BCUT2D eigenvalue weighted by Crippen LogP contribution is -2.19. The Hall–Kier alpha value is -2.15. The van der Waals surface area contributed by atoms with Gasteiger partial charge in [0.2, 0.25) is 0 Å². The van der Waals surface area contributed by atoms with Crippen LogP contribution in [0.3, 0.4) is 0 Å². The van der Waals surface area contributed by atoms with Gasteiger partial charge in [-0.1, -0.05) is 29.3 Å². The summed E-state index contributed by atoms with van der Waals surface area (Å²) in [6.07, 6.45) is 1.77. The number of nitrogens with zero attached hydrogens (tertiary/aromatic N) is 1. The average Bonchev–Trinajstić information content (AvgIpc) is 2.98. The van der Waals surface area contributed by atoms with E-state index in [-0.39, 0.29) is 5.91 Å². The number of amides is 1. The van der Waals surface area contributed by atoms with Crippen LogP contribution < -0.4 is 14.8 Å². The molecule has 140 valence electrons. The van der Waals surface area contributed by atoms with E-state index >= 15 is 0 Å². The zero-order valence-corrected chi connectivity index (χ0v) is 16.9. The van der Waals surface area contributed by atoms with Crippen LogP contribution in [0.15, 0.2) is 46.3 Å². The molecule has 2 aromatic rings. The van der Waals surface area contributed by atoms with Crippen LogP contribution in [-0.4, -0.2) is 24.8 Å². The van der Waals surface area contributed by atoms with Gasteiger partial charge in [0.15, 0.2) is 16.7 Å². The molecule has 5 nitrogen and oxygen atoms in total. The van der Waals surface area contributed by atoms with Crippen molar-refractivity contribution >= 4 is 57.8 Å². The molecule has 1 N–H and O–H groups in total. The first kappa shape index (κ1) is 19.6. The second-order valence-corrected chi connectivity index (χ2v) is 7.30. The minimum atomic E-state index is -0.231. The molecule has 1 saturated heterocycles. The maximum Gasteiger partial charge on any atom is 0.264 e. The molecule has 1 heterocycles. The largest absolute Gasteiger partial charge is 0.493 e. The summed E-state index contributed by atoms with van der Waals surface area (Å²) in [7, 11) is 1.58. The van der Waals surface area contributed by atoms with E-state index in [4.69, 9.17) is 32.7 Å². The predicted molar refractivity (Wildman–Crippen MR) is 111 cm³/mol. The number of halogens is 2. The number of aliphatic imine (C=N–C) groups is 1. The van der Waals surface area contributed by atoms with Crippen LogP contribution >= 0.6 is 35.0 Å². The third kappa shape index (κ3) is 4.77. The molecule has 1 aliphatic rings. The number of carbonyl (C=O) groups excluding carboxylic acids is 1. The summed E-state index contributed by atoms with van der Waals surface area (Å²) < 4.78 is 10.8. The summed E-state index contributed by atoms with van der Waals surface area (Å²) in [5.41, 5.74) is 1.32. The zero-order chi connectivity index (χ0) is 19.4. The van der Waals surface area contributed by atoms with Gasteiger partial charge in [-0.2, -0.15) is 0 Å². The first-order valence-corrected chi connectivity index (χ1v) is 9.63. The van der Waals surface area contributed by atoms with Crippen LogP contribution in [0, 0.1) is 0 Å². The third-order valence-corrected chi connectivity index (χ3v) is 5.03. The van der Waals surface area contributed by atoms with E-state index in [1.54, 1.807) is 37.5 Å². The monoisotopic (exact) mass is 422 g/mol. The Labute approximate surface area is 171 Å². The second kappa shape index (κ2) is 8.69. The first-order chi connectivity index (χ1) is 13.0. The molecule has 0 atom stereocenters. The van der Waals surface area contributed by atoms with E-state index in [0.717, 1.165) is 5.56 Å². The molecule has 0 spiro atoms. The number of benzene rings is 2. The lowest BCUT2D eigenvalue weighted by atomic mass is 10.2. The smallest absolute Gasteiger partial charge is 0.264 e. The Bertz CT molecular complexity index is 945. The highest BCUT2D eigenvalue weighted by molar-refractivity contribution is 8.18. The highest BCUT2D eigenvalue weighted by Gasteiger charge is 2.24. The molecule has 8 heteroatoms. The number of amidine groups is 1. The summed E-state index contributed by atoms with van der Waals surface area (Å²) >= 11 is 13.3. The van der Waals surface area contributed by atoms with E-state index in [9.17, 15) is 4.79 Å². The number of ether oxygens (including phenoxy) is 2. The maximum absolute atomic E-state index is 12.3. The number of methoxy groups -OCH3 is 1. The summed E-state index contributed by atoms with van der Waals surface area (Å²) in [4.78, 5) is 17.2. The lowest BCUT2D eigenvalue weighted by Gasteiger charge is -2.09. The molecule has 3 rings (SSSR count). The zero-order valence-electron chi connectivity index (χ0n) is 14.6. The fraction of sp³-hybridized carbons (Fsp3) is 0.158. The molecule has 2 aromatic carbocycles. The third-order valence-electron chi connectivity index (χ3n) is 3.57. The molecular formula is C19H16Cl2N2O3S. The Balaban J connectivity index is 1.86. The summed E-state index contributed by atoms with van der Waals surface area (Å²) in [6.45, 7) is 2.41. The van der Waals surface area contributed by atoms with Gasteiger partial charge in [0.25, 0.3) is 5.91 Å². The fourth-order valence-corrected chi connectivity index (χ4v) is 3.53. The van der Waals surface area contributed by atoms with Gasteiger partial charge < -0.3 is 14.8 Å². The number of hydrogen-bond donors (Lipinski definition) is 1. The van der Waals surface area contributed by atoms with Crippen LogP contribution in [0.4, 0.5) is 5.69 Å². The summed E-state index contributed by atoms with van der Waals surface area (Å²) in [6, 6.07) is 10.5. The number of thioether (sulfide) groups is 1. The topological polar surface area (TPSA) is 59.9 Å². The molecule has 0 bridgehead atoms. The van der Waals surface area contributed by atoms with Gasteiger partial charge in [0.1, 0.15) is 0 Å².